The maximum atomic E-state index is 10.9. The number of nitrogens with zero attached hydrogens (tertiary/aromatic N) is 1. The lowest BCUT2D eigenvalue weighted by molar-refractivity contribution is -0.384. The molecule has 3 N–H and O–H groups in total. The van der Waals surface area contributed by atoms with E-state index in [0.29, 0.717) is 23.9 Å². The van der Waals surface area contributed by atoms with Crippen molar-refractivity contribution in [2.45, 2.75) is 6.42 Å². The number of hydrogen-bond donors (Lipinski definition) is 3. The highest BCUT2D eigenvalue weighted by Crippen LogP contribution is 2.22. The van der Waals surface area contributed by atoms with Crippen LogP contribution in [0.3, 0.4) is 0 Å². The molecule has 6 nitrogen and oxygen atoms in total. The summed E-state index contributed by atoms with van der Waals surface area (Å²) in [6, 6.07) is 16.8. The van der Waals surface area contributed by atoms with Crippen molar-refractivity contribution in [2.75, 3.05) is 25.0 Å². The molecule has 0 saturated carbocycles. The minimum atomic E-state index is -0.397. The standard InChI is InChI=1S/C17H20N4O2S/c22-21(23)16-9-5-4-8-15(16)18-12-13-20-17(24)19-11-10-14-6-2-1-3-7-14/h1-9,18H,10-13H2,(H2,19,20,24). The molecule has 24 heavy (non-hydrogen) atoms. The molecular formula is C17H20N4O2S. The molecule has 0 atom stereocenters. The van der Waals surface area contributed by atoms with Gasteiger partial charge in [-0.2, -0.15) is 0 Å². The second-order valence-electron chi connectivity index (χ2n) is 5.12. The summed E-state index contributed by atoms with van der Waals surface area (Å²) < 4.78 is 0. The molecule has 0 aliphatic heterocycles. The Morgan fingerprint density at radius 3 is 2.38 bits per heavy atom. The fourth-order valence-electron chi connectivity index (χ4n) is 2.18. The first-order chi connectivity index (χ1) is 11.7. The fraction of sp³-hybridized carbons (Fsp3) is 0.235. The topological polar surface area (TPSA) is 79.2 Å². The third-order valence-electron chi connectivity index (χ3n) is 3.37. The highest BCUT2D eigenvalue weighted by atomic mass is 32.1. The van der Waals surface area contributed by atoms with E-state index < -0.39 is 4.92 Å². The van der Waals surface area contributed by atoms with Gasteiger partial charge in [0.05, 0.1) is 4.92 Å². The Balaban J connectivity index is 1.64. The summed E-state index contributed by atoms with van der Waals surface area (Å²) in [5, 5.41) is 20.8. The highest BCUT2D eigenvalue weighted by molar-refractivity contribution is 7.80. The lowest BCUT2D eigenvalue weighted by Gasteiger charge is -2.11. The largest absolute Gasteiger partial charge is 0.378 e. The Morgan fingerprint density at radius 2 is 1.62 bits per heavy atom. The molecule has 126 valence electrons. The van der Waals surface area contributed by atoms with Gasteiger partial charge in [-0.05, 0) is 30.3 Å². The molecular weight excluding hydrogens is 324 g/mol. The Labute approximate surface area is 146 Å². The van der Waals surface area contributed by atoms with Crippen molar-refractivity contribution in [3.05, 3.63) is 70.3 Å². The van der Waals surface area contributed by atoms with E-state index in [2.05, 4.69) is 28.1 Å². The second kappa shape index (κ2) is 9.46. The molecule has 0 amide bonds. The van der Waals surface area contributed by atoms with Crippen LogP contribution in [0.5, 0.6) is 0 Å². The van der Waals surface area contributed by atoms with Gasteiger partial charge in [0, 0.05) is 25.7 Å². The number of rotatable bonds is 8. The van der Waals surface area contributed by atoms with Crippen molar-refractivity contribution in [1.82, 2.24) is 10.6 Å². The average Bonchev–Trinajstić information content (AvgIpc) is 2.60. The molecule has 2 aromatic rings. The zero-order chi connectivity index (χ0) is 17.2. The summed E-state index contributed by atoms with van der Waals surface area (Å²) in [7, 11) is 0. The Kier molecular flexibility index (Phi) is 6.97. The SMILES string of the molecule is O=[N+]([O-])c1ccccc1NCCNC(=S)NCCc1ccccc1. The monoisotopic (exact) mass is 344 g/mol. The van der Waals surface area contributed by atoms with Gasteiger partial charge in [-0.25, -0.2) is 0 Å². The smallest absolute Gasteiger partial charge is 0.292 e. The van der Waals surface area contributed by atoms with E-state index in [-0.39, 0.29) is 5.69 Å². The Morgan fingerprint density at radius 1 is 0.958 bits per heavy atom. The van der Waals surface area contributed by atoms with Crippen molar-refractivity contribution < 1.29 is 4.92 Å². The summed E-state index contributed by atoms with van der Waals surface area (Å²) in [6.45, 7) is 1.86. The first-order valence-corrected chi connectivity index (χ1v) is 8.10. The number of hydrogen-bond acceptors (Lipinski definition) is 4. The molecule has 2 aromatic carbocycles. The molecule has 0 radical (unpaired) electrons. The number of benzene rings is 2. The number of thiocarbonyl (C=S) groups is 1. The molecule has 0 heterocycles. The number of anilines is 1. The van der Waals surface area contributed by atoms with E-state index in [1.54, 1.807) is 18.2 Å². The lowest BCUT2D eigenvalue weighted by atomic mass is 10.1. The summed E-state index contributed by atoms with van der Waals surface area (Å²) in [6.07, 6.45) is 0.900. The first kappa shape index (κ1) is 17.7. The predicted octanol–water partition coefficient (Wildman–Crippen LogP) is 2.71. The van der Waals surface area contributed by atoms with Crippen LogP contribution in [0.4, 0.5) is 11.4 Å². The van der Waals surface area contributed by atoms with Crippen LogP contribution in [0.2, 0.25) is 0 Å². The molecule has 0 unspecified atom stereocenters. The van der Waals surface area contributed by atoms with Crippen LogP contribution in [-0.4, -0.2) is 29.7 Å². The van der Waals surface area contributed by atoms with Crippen molar-refractivity contribution in [3.8, 4) is 0 Å². The summed E-state index contributed by atoms with van der Waals surface area (Å²) >= 11 is 5.21. The predicted molar refractivity (Wildman–Crippen MR) is 100 cm³/mol. The van der Waals surface area contributed by atoms with Gasteiger partial charge in [0.2, 0.25) is 0 Å². The first-order valence-electron chi connectivity index (χ1n) is 7.70. The zero-order valence-corrected chi connectivity index (χ0v) is 14.0. The molecule has 0 aromatic heterocycles. The number of nitro benzene ring substituents is 1. The molecule has 0 aliphatic carbocycles. The van der Waals surface area contributed by atoms with Gasteiger partial charge in [0.15, 0.2) is 5.11 Å². The fourth-order valence-corrected chi connectivity index (χ4v) is 2.39. The quantitative estimate of drug-likeness (QED) is 0.296. The van der Waals surface area contributed by atoms with Crippen LogP contribution in [0.25, 0.3) is 0 Å². The van der Waals surface area contributed by atoms with E-state index in [1.165, 1.54) is 11.6 Å². The van der Waals surface area contributed by atoms with Crippen molar-refractivity contribution in [2.24, 2.45) is 0 Å². The summed E-state index contributed by atoms with van der Waals surface area (Å²) in [5.41, 5.74) is 1.83. The van der Waals surface area contributed by atoms with Crippen LogP contribution < -0.4 is 16.0 Å². The highest BCUT2D eigenvalue weighted by Gasteiger charge is 2.11. The number of nitro groups is 1. The van der Waals surface area contributed by atoms with Gasteiger partial charge >= 0.3 is 0 Å². The van der Waals surface area contributed by atoms with Crippen molar-refractivity contribution in [1.29, 1.82) is 0 Å². The third-order valence-corrected chi connectivity index (χ3v) is 3.66. The van der Waals surface area contributed by atoms with E-state index in [4.69, 9.17) is 12.2 Å². The van der Waals surface area contributed by atoms with Gasteiger partial charge < -0.3 is 16.0 Å². The van der Waals surface area contributed by atoms with Crippen LogP contribution in [0, 0.1) is 10.1 Å². The lowest BCUT2D eigenvalue weighted by Crippen LogP contribution is -2.38. The van der Waals surface area contributed by atoms with Crippen LogP contribution in [0.15, 0.2) is 54.6 Å². The molecule has 0 fully saturated rings. The van der Waals surface area contributed by atoms with Crippen LogP contribution in [0.1, 0.15) is 5.56 Å². The van der Waals surface area contributed by atoms with E-state index in [0.717, 1.165) is 13.0 Å². The number of para-hydroxylation sites is 2. The van der Waals surface area contributed by atoms with Crippen LogP contribution in [-0.2, 0) is 6.42 Å². The molecule has 7 heteroatoms. The molecule has 0 saturated heterocycles. The minimum Gasteiger partial charge on any atom is -0.378 e. The van der Waals surface area contributed by atoms with Crippen molar-refractivity contribution in [3.63, 3.8) is 0 Å². The van der Waals surface area contributed by atoms with Gasteiger partial charge in [-0.1, -0.05) is 42.5 Å². The average molecular weight is 344 g/mol. The van der Waals surface area contributed by atoms with Gasteiger partial charge in [0.25, 0.3) is 5.69 Å². The normalized spacial score (nSPS) is 10.0. The maximum Gasteiger partial charge on any atom is 0.292 e. The van der Waals surface area contributed by atoms with Crippen molar-refractivity contribution >= 4 is 28.7 Å². The second-order valence-corrected chi connectivity index (χ2v) is 5.53. The van der Waals surface area contributed by atoms with E-state index in [1.807, 2.05) is 18.2 Å². The Bertz CT molecular complexity index is 679. The minimum absolute atomic E-state index is 0.0704. The van der Waals surface area contributed by atoms with Gasteiger partial charge in [-0.15, -0.1) is 0 Å². The van der Waals surface area contributed by atoms with E-state index >= 15 is 0 Å². The Hall–Kier alpha value is -2.67. The molecule has 2 rings (SSSR count). The van der Waals surface area contributed by atoms with Gasteiger partial charge in [0.1, 0.15) is 5.69 Å². The van der Waals surface area contributed by atoms with Gasteiger partial charge in [-0.3, -0.25) is 10.1 Å². The maximum absolute atomic E-state index is 10.9. The zero-order valence-electron chi connectivity index (χ0n) is 13.2. The molecule has 0 aliphatic rings. The summed E-state index contributed by atoms with van der Waals surface area (Å²) in [5.74, 6) is 0. The molecule has 0 bridgehead atoms. The number of nitrogens with one attached hydrogen (secondary N) is 3. The third kappa shape index (κ3) is 5.85. The molecule has 0 spiro atoms. The van der Waals surface area contributed by atoms with E-state index in [9.17, 15) is 10.1 Å². The van der Waals surface area contributed by atoms with Crippen LogP contribution >= 0.6 is 12.2 Å². The summed E-state index contributed by atoms with van der Waals surface area (Å²) in [4.78, 5) is 10.5.